The van der Waals surface area contributed by atoms with Gasteiger partial charge in [-0.15, -0.1) is 0 Å². The van der Waals surface area contributed by atoms with Crippen molar-refractivity contribution in [3.63, 3.8) is 0 Å². The number of benzene rings is 3. The average molecular weight is 682 g/mol. The van der Waals surface area contributed by atoms with Crippen molar-refractivity contribution in [2.24, 2.45) is 7.05 Å². The van der Waals surface area contributed by atoms with Gasteiger partial charge >= 0.3 is 5.97 Å². The zero-order valence-electron chi connectivity index (χ0n) is 27.7. The van der Waals surface area contributed by atoms with Crippen molar-refractivity contribution >= 4 is 21.7 Å². The van der Waals surface area contributed by atoms with Crippen LogP contribution in [0, 0.1) is 11.6 Å². The SMILES string of the molecule is Cn1cncc1CC(Oc1ccc(CCc2ccc(F)cc2)c(C(=O)N[C@@H](CCS(C)(=O)=O)C(=O)OC(C)(C)C)c1)c1ccc(F)cc1. The Morgan fingerprint density at radius 2 is 1.60 bits per heavy atom. The van der Waals surface area contributed by atoms with Gasteiger partial charge in [0.25, 0.3) is 5.91 Å². The summed E-state index contributed by atoms with van der Waals surface area (Å²) in [7, 11) is -1.60. The van der Waals surface area contributed by atoms with Gasteiger partial charge in [0, 0.05) is 37.2 Å². The van der Waals surface area contributed by atoms with E-state index in [0.717, 1.165) is 17.5 Å². The van der Waals surface area contributed by atoms with Crippen LogP contribution in [0.5, 0.6) is 5.75 Å². The molecule has 1 heterocycles. The molecule has 1 unspecified atom stereocenters. The molecule has 0 saturated heterocycles. The Balaban J connectivity index is 1.68. The lowest BCUT2D eigenvalue weighted by molar-refractivity contribution is -0.157. The van der Waals surface area contributed by atoms with E-state index in [2.05, 4.69) is 10.3 Å². The van der Waals surface area contributed by atoms with Crippen LogP contribution >= 0.6 is 0 Å². The molecule has 1 amide bonds. The van der Waals surface area contributed by atoms with Crippen LogP contribution in [0.4, 0.5) is 8.78 Å². The van der Waals surface area contributed by atoms with E-state index in [1.54, 1.807) is 75.8 Å². The largest absolute Gasteiger partial charge is 0.485 e. The molecule has 3 aromatic carbocycles. The average Bonchev–Trinajstić information content (AvgIpc) is 3.41. The number of amides is 1. The summed E-state index contributed by atoms with van der Waals surface area (Å²) in [6, 6.07) is 15.8. The minimum Gasteiger partial charge on any atom is -0.485 e. The van der Waals surface area contributed by atoms with Gasteiger partial charge in [0.2, 0.25) is 0 Å². The highest BCUT2D eigenvalue weighted by Gasteiger charge is 2.29. The summed E-state index contributed by atoms with van der Waals surface area (Å²) in [4.78, 5) is 31.2. The molecule has 256 valence electrons. The number of esters is 1. The van der Waals surface area contributed by atoms with Gasteiger partial charge in [-0.25, -0.2) is 27.0 Å². The molecule has 12 heteroatoms. The highest BCUT2D eigenvalue weighted by atomic mass is 32.2. The normalized spacial score (nSPS) is 13.1. The Morgan fingerprint density at radius 1 is 0.958 bits per heavy atom. The van der Waals surface area contributed by atoms with E-state index in [1.165, 1.54) is 24.3 Å². The molecule has 1 aromatic heterocycles. The molecule has 0 fully saturated rings. The van der Waals surface area contributed by atoms with E-state index >= 15 is 0 Å². The summed E-state index contributed by atoms with van der Waals surface area (Å²) in [5.74, 6) is -2.13. The van der Waals surface area contributed by atoms with Crippen molar-refractivity contribution < 1.29 is 36.3 Å². The molecule has 0 aliphatic rings. The van der Waals surface area contributed by atoms with Crippen LogP contribution in [-0.2, 0) is 45.7 Å². The highest BCUT2D eigenvalue weighted by molar-refractivity contribution is 7.90. The van der Waals surface area contributed by atoms with Crippen LogP contribution in [0.1, 0.15) is 66.0 Å². The number of nitrogens with one attached hydrogen (secondary N) is 1. The third-order valence-corrected chi connectivity index (χ3v) is 8.50. The second kappa shape index (κ2) is 15.5. The number of hydrogen-bond acceptors (Lipinski definition) is 7. The fraction of sp³-hybridized carbons (Fsp3) is 0.361. The molecule has 0 aliphatic carbocycles. The predicted octanol–water partition coefficient (Wildman–Crippen LogP) is 5.72. The molecular formula is C36H41F2N3O6S. The number of carbonyl (C=O) groups excluding carboxylic acids is 2. The van der Waals surface area contributed by atoms with Crippen LogP contribution in [0.3, 0.4) is 0 Å². The van der Waals surface area contributed by atoms with E-state index in [9.17, 15) is 26.8 Å². The number of carbonyl (C=O) groups is 2. The predicted molar refractivity (Wildman–Crippen MR) is 178 cm³/mol. The quantitative estimate of drug-likeness (QED) is 0.169. The van der Waals surface area contributed by atoms with Gasteiger partial charge in [-0.05, 0) is 93.1 Å². The lowest BCUT2D eigenvalue weighted by atomic mass is 9.98. The first-order valence-corrected chi connectivity index (χ1v) is 17.6. The first kappa shape index (κ1) is 36.3. The second-order valence-electron chi connectivity index (χ2n) is 12.8. The molecule has 0 radical (unpaired) electrons. The number of aryl methyl sites for hydroxylation is 3. The zero-order chi connectivity index (χ0) is 35.1. The summed E-state index contributed by atoms with van der Waals surface area (Å²) >= 11 is 0. The number of halogens is 2. The van der Waals surface area contributed by atoms with E-state index in [1.807, 2.05) is 11.6 Å². The number of hydrogen-bond donors (Lipinski definition) is 1. The van der Waals surface area contributed by atoms with Crippen LogP contribution in [0.15, 0.2) is 79.3 Å². The van der Waals surface area contributed by atoms with E-state index < -0.39 is 45.3 Å². The van der Waals surface area contributed by atoms with Crippen LogP contribution in [0.25, 0.3) is 0 Å². The maximum Gasteiger partial charge on any atom is 0.329 e. The van der Waals surface area contributed by atoms with E-state index in [-0.39, 0.29) is 23.6 Å². The van der Waals surface area contributed by atoms with Crippen molar-refractivity contribution in [3.05, 3.63) is 119 Å². The van der Waals surface area contributed by atoms with Gasteiger partial charge < -0.3 is 19.4 Å². The van der Waals surface area contributed by atoms with Gasteiger partial charge in [-0.2, -0.15) is 0 Å². The lowest BCUT2D eigenvalue weighted by Crippen LogP contribution is -2.45. The van der Waals surface area contributed by atoms with Crippen LogP contribution in [-0.4, -0.2) is 53.5 Å². The summed E-state index contributed by atoms with van der Waals surface area (Å²) in [5, 5.41) is 2.70. The van der Waals surface area contributed by atoms with Crippen molar-refractivity contribution in [1.82, 2.24) is 14.9 Å². The van der Waals surface area contributed by atoms with Crippen LogP contribution < -0.4 is 10.1 Å². The summed E-state index contributed by atoms with van der Waals surface area (Å²) < 4.78 is 65.1. The number of rotatable bonds is 14. The van der Waals surface area contributed by atoms with E-state index in [4.69, 9.17) is 9.47 Å². The molecule has 4 aromatic rings. The van der Waals surface area contributed by atoms with Crippen molar-refractivity contribution in [3.8, 4) is 5.75 Å². The topological polar surface area (TPSA) is 117 Å². The summed E-state index contributed by atoms with van der Waals surface area (Å²) in [6.45, 7) is 5.03. The Labute approximate surface area is 280 Å². The zero-order valence-corrected chi connectivity index (χ0v) is 28.5. The van der Waals surface area contributed by atoms with Gasteiger partial charge in [-0.1, -0.05) is 30.3 Å². The molecule has 9 nitrogen and oxygen atoms in total. The Kier molecular flexibility index (Phi) is 11.7. The number of aromatic nitrogens is 2. The minimum atomic E-state index is -3.46. The standard InChI is InChI=1S/C36H41F2N3O6S/c1-36(2,3)47-35(43)32(18-19-48(5,44)45)40-34(42)31-21-30(17-12-25(31)9-6-24-7-13-27(37)14-8-24)46-33(20-29-22-39-23-41(29)4)26-10-15-28(38)16-11-26/h7-8,10-17,21-23,32-33H,6,9,18-20H2,1-5H3,(H,40,42)/t32-,33?/m0/s1. The van der Waals surface area contributed by atoms with Gasteiger partial charge in [0.15, 0.2) is 0 Å². The van der Waals surface area contributed by atoms with Crippen molar-refractivity contribution in [2.75, 3.05) is 12.0 Å². The Bertz CT molecular complexity index is 1820. The maximum atomic E-state index is 13.9. The third kappa shape index (κ3) is 11.0. The maximum absolute atomic E-state index is 13.9. The summed E-state index contributed by atoms with van der Waals surface area (Å²) in [5.41, 5.74) is 2.39. The lowest BCUT2D eigenvalue weighted by Gasteiger charge is -2.25. The first-order chi connectivity index (χ1) is 22.6. The monoisotopic (exact) mass is 681 g/mol. The number of ether oxygens (including phenoxy) is 2. The van der Waals surface area contributed by atoms with Crippen molar-refractivity contribution in [2.45, 2.75) is 64.2 Å². The Hall–Kier alpha value is -4.58. The van der Waals surface area contributed by atoms with Gasteiger partial charge in [-0.3, -0.25) is 4.79 Å². The fourth-order valence-corrected chi connectivity index (χ4v) is 5.68. The Morgan fingerprint density at radius 3 is 2.19 bits per heavy atom. The molecule has 4 rings (SSSR count). The molecule has 0 aliphatic heterocycles. The smallest absolute Gasteiger partial charge is 0.329 e. The summed E-state index contributed by atoms with van der Waals surface area (Å²) in [6.07, 6.45) is 4.95. The third-order valence-electron chi connectivity index (χ3n) is 7.53. The number of nitrogens with zero attached hydrogens (tertiary/aromatic N) is 2. The van der Waals surface area contributed by atoms with Gasteiger partial charge in [0.05, 0.1) is 12.1 Å². The molecule has 2 atom stereocenters. The van der Waals surface area contributed by atoms with Crippen LogP contribution in [0.2, 0.25) is 0 Å². The van der Waals surface area contributed by atoms with E-state index in [0.29, 0.717) is 36.1 Å². The molecule has 1 N–H and O–H groups in total. The molecule has 0 spiro atoms. The highest BCUT2D eigenvalue weighted by Crippen LogP contribution is 2.28. The number of imidazole rings is 1. The van der Waals surface area contributed by atoms with Crippen molar-refractivity contribution in [1.29, 1.82) is 0 Å². The second-order valence-corrected chi connectivity index (χ2v) is 15.0. The molecule has 0 saturated carbocycles. The molecule has 0 bridgehead atoms. The minimum absolute atomic E-state index is 0.183. The molecular weight excluding hydrogens is 640 g/mol. The van der Waals surface area contributed by atoms with Gasteiger partial charge in [0.1, 0.15) is 45.0 Å². The molecule has 48 heavy (non-hydrogen) atoms. The number of sulfone groups is 1. The fourth-order valence-electron chi connectivity index (χ4n) is 5.02. The first-order valence-electron chi connectivity index (χ1n) is 15.5.